The van der Waals surface area contributed by atoms with Crippen molar-refractivity contribution in [1.82, 2.24) is 14.5 Å². The van der Waals surface area contributed by atoms with Crippen molar-refractivity contribution in [2.75, 3.05) is 31.1 Å². The summed E-state index contributed by atoms with van der Waals surface area (Å²) in [6, 6.07) is 15.5. The van der Waals surface area contributed by atoms with E-state index >= 15 is 0 Å². The Labute approximate surface area is 190 Å². The first-order chi connectivity index (χ1) is 14.3. The molecule has 3 aromatic rings. The molecule has 0 radical (unpaired) electrons. The van der Waals surface area contributed by atoms with Crippen LogP contribution in [0.1, 0.15) is 0 Å². The Bertz CT molecular complexity index is 1150. The van der Waals surface area contributed by atoms with Crippen molar-refractivity contribution in [3.05, 3.63) is 69.7 Å². The van der Waals surface area contributed by atoms with Crippen molar-refractivity contribution < 1.29 is 8.42 Å². The summed E-state index contributed by atoms with van der Waals surface area (Å²) in [6.45, 7) is 1.69. The van der Waals surface area contributed by atoms with Crippen molar-refractivity contribution in [3.63, 3.8) is 0 Å². The third-order valence-electron chi connectivity index (χ3n) is 4.88. The number of piperazine rings is 1. The minimum Gasteiger partial charge on any atom is -0.352 e. The van der Waals surface area contributed by atoms with Gasteiger partial charge in [-0.15, -0.1) is 10.2 Å². The maximum atomic E-state index is 12.9. The Kier molecular flexibility index (Phi) is 6.18. The molecule has 6 nitrogen and oxygen atoms in total. The fourth-order valence-corrected chi connectivity index (χ4v) is 5.15. The number of hydrogen-bond acceptors (Lipinski definition) is 5. The molecule has 1 fully saturated rings. The lowest BCUT2D eigenvalue weighted by Gasteiger charge is -2.34. The summed E-state index contributed by atoms with van der Waals surface area (Å²) in [5.41, 5.74) is 1.67. The van der Waals surface area contributed by atoms with Crippen LogP contribution < -0.4 is 4.90 Å². The van der Waals surface area contributed by atoms with E-state index in [4.69, 9.17) is 34.8 Å². The van der Waals surface area contributed by atoms with Crippen LogP contribution >= 0.6 is 34.8 Å². The molecule has 1 aliphatic rings. The summed E-state index contributed by atoms with van der Waals surface area (Å²) in [5, 5.41) is 9.80. The second-order valence-corrected chi connectivity index (χ2v) is 9.94. The molecule has 30 heavy (non-hydrogen) atoms. The maximum Gasteiger partial charge on any atom is 0.243 e. The van der Waals surface area contributed by atoms with E-state index in [1.165, 1.54) is 22.5 Å². The number of aromatic nitrogens is 2. The summed E-state index contributed by atoms with van der Waals surface area (Å²) < 4.78 is 27.2. The molecule has 0 bridgehead atoms. The molecule has 0 aliphatic carbocycles. The Morgan fingerprint density at radius 3 is 2.07 bits per heavy atom. The van der Waals surface area contributed by atoms with E-state index in [1.807, 2.05) is 29.2 Å². The highest BCUT2D eigenvalue weighted by Crippen LogP contribution is 2.27. The molecule has 2 heterocycles. The summed E-state index contributed by atoms with van der Waals surface area (Å²) in [4.78, 5) is 2.15. The molecule has 0 amide bonds. The third-order valence-corrected chi connectivity index (χ3v) is 7.77. The van der Waals surface area contributed by atoms with Crippen molar-refractivity contribution >= 4 is 50.6 Å². The van der Waals surface area contributed by atoms with Gasteiger partial charge in [0.25, 0.3) is 0 Å². The van der Waals surface area contributed by atoms with E-state index in [-0.39, 0.29) is 9.92 Å². The molecule has 1 aliphatic heterocycles. The van der Waals surface area contributed by atoms with E-state index in [2.05, 4.69) is 10.2 Å². The van der Waals surface area contributed by atoms with Crippen LogP contribution in [0.2, 0.25) is 15.1 Å². The van der Waals surface area contributed by atoms with Crippen molar-refractivity contribution in [3.8, 4) is 11.3 Å². The van der Waals surface area contributed by atoms with Crippen LogP contribution in [0.5, 0.6) is 0 Å². The van der Waals surface area contributed by atoms with Gasteiger partial charge in [-0.2, -0.15) is 4.31 Å². The predicted molar refractivity (Wildman–Crippen MR) is 120 cm³/mol. The first-order valence-corrected chi connectivity index (χ1v) is 11.7. The van der Waals surface area contributed by atoms with Gasteiger partial charge in [0.15, 0.2) is 5.82 Å². The average molecular weight is 484 g/mol. The fourth-order valence-electron chi connectivity index (χ4n) is 3.21. The van der Waals surface area contributed by atoms with Crippen molar-refractivity contribution in [2.45, 2.75) is 4.90 Å². The Hall–Kier alpha value is -1.90. The van der Waals surface area contributed by atoms with Gasteiger partial charge in [0.05, 0.1) is 20.6 Å². The Morgan fingerprint density at radius 2 is 1.47 bits per heavy atom. The first-order valence-electron chi connectivity index (χ1n) is 9.14. The van der Waals surface area contributed by atoms with Gasteiger partial charge in [0.2, 0.25) is 10.0 Å². The zero-order valence-corrected chi connectivity index (χ0v) is 18.8. The van der Waals surface area contributed by atoms with E-state index in [9.17, 15) is 8.42 Å². The molecule has 0 unspecified atom stereocenters. The summed E-state index contributed by atoms with van der Waals surface area (Å²) in [6.07, 6.45) is 0. The van der Waals surface area contributed by atoms with E-state index in [1.54, 1.807) is 12.1 Å². The van der Waals surface area contributed by atoms with Gasteiger partial charge >= 0.3 is 0 Å². The number of nitrogens with zero attached hydrogens (tertiary/aromatic N) is 4. The van der Waals surface area contributed by atoms with Crippen LogP contribution in [0.15, 0.2) is 59.5 Å². The lowest BCUT2D eigenvalue weighted by molar-refractivity contribution is 0.383. The molecule has 0 spiro atoms. The molecular weight excluding hydrogens is 467 g/mol. The highest BCUT2D eigenvalue weighted by Gasteiger charge is 2.29. The zero-order valence-electron chi connectivity index (χ0n) is 15.7. The minimum absolute atomic E-state index is 0.137. The van der Waals surface area contributed by atoms with Gasteiger partial charge in [-0.3, -0.25) is 0 Å². The van der Waals surface area contributed by atoms with Crippen LogP contribution in [-0.4, -0.2) is 49.1 Å². The minimum atomic E-state index is -3.64. The molecule has 156 valence electrons. The zero-order chi connectivity index (χ0) is 21.3. The number of anilines is 1. The highest BCUT2D eigenvalue weighted by atomic mass is 35.5. The van der Waals surface area contributed by atoms with Crippen molar-refractivity contribution in [1.29, 1.82) is 0 Å². The molecule has 0 atom stereocenters. The first kappa shape index (κ1) is 21.3. The van der Waals surface area contributed by atoms with Gasteiger partial charge in [-0.25, -0.2) is 8.42 Å². The molecule has 4 rings (SSSR count). The van der Waals surface area contributed by atoms with Crippen molar-refractivity contribution in [2.24, 2.45) is 0 Å². The van der Waals surface area contributed by atoms with Crippen LogP contribution in [-0.2, 0) is 10.0 Å². The number of hydrogen-bond donors (Lipinski definition) is 0. The second kappa shape index (κ2) is 8.69. The lowest BCUT2D eigenvalue weighted by Crippen LogP contribution is -2.49. The van der Waals surface area contributed by atoms with E-state index in [0.29, 0.717) is 42.0 Å². The molecular formula is C20H17Cl3N4O2S. The summed E-state index contributed by atoms with van der Waals surface area (Å²) in [5.74, 6) is 0.708. The summed E-state index contributed by atoms with van der Waals surface area (Å²) >= 11 is 17.8. The van der Waals surface area contributed by atoms with Crippen LogP contribution in [0.4, 0.5) is 5.82 Å². The molecule has 1 aromatic heterocycles. The quantitative estimate of drug-likeness (QED) is 0.542. The Morgan fingerprint density at radius 1 is 0.767 bits per heavy atom. The standard InChI is InChI=1S/C20H17Cl3N4O2S/c21-15-3-1-14(2-4-15)19-7-8-20(25-24-19)26-9-11-27(12-10-26)30(28,29)16-5-6-17(22)18(23)13-16/h1-8,13H,9-12H2. The topological polar surface area (TPSA) is 66.4 Å². The number of benzene rings is 2. The normalized spacial score (nSPS) is 15.4. The van der Waals surface area contributed by atoms with E-state index < -0.39 is 10.0 Å². The third kappa shape index (κ3) is 4.40. The van der Waals surface area contributed by atoms with Gasteiger partial charge in [-0.05, 0) is 42.5 Å². The van der Waals surface area contributed by atoms with Gasteiger partial charge in [0, 0.05) is 36.8 Å². The average Bonchev–Trinajstić information content (AvgIpc) is 2.76. The lowest BCUT2D eigenvalue weighted by atomic mass is 10.1. The Balaban J connectivity index is 1.44. The largest absolute Gasteiger partial charge is 0.352 e. The molecule has 2 aromatic carbocycles. The highest BCUT2D eigenvalue weighted by molar-refractivity contribution is 7.89. The molecule has 1 saturated heterocycles. The number of halogens is 3. The van der Waals surface area contributed by atoms with Crippen LogP contribution in [0, 0.1) is 0 Å². The SMILES string of the molecule is O=S(=O)(c1ccc(Cl)c(Cl)c1)N1CCN(c2ccc(-c3ccc(Cl)cc3)nn2)CC1. The van der Waals surface area contributed by atoms with Crippen LogP contribution in [0.25, 0.3) is 11.3 Å². The molecule has 0 saturated carbocycles. The monoisotopic (exact) mass is 482 g/mol. The molecule has 0 N–H and O–H groups in total. The maximum absolute atomic E-state index is 12.9. The number of sulfonamides is 1. The predicted octanol–water partition coefficient (Wildman–Crippen LogP) is 4.61. The second-order valence-electron chi connectivity index (χ2n) is 6.75. The number of rotatable bonds is 4. The van der Waals surface area contributed by atoms with Crippen LogP contribution in [0.3, 0.4) is 0 Å². The van der Waals surface area contributed by atoms with Gasteiger partial charge < -0.3 is 4.90 Å². The van der Waals surface area contributed by atoms with Gasteiger partial charge in [0.1, 0.15) is 0 Å². The molecule has 10 heteroatoms. The smallest absolute Gasteiger partial charge is 0.243 e. The van der Waals surface area contributed by atoms with Gasteiger partial charge in [-0.1, -0.05) is 46.9 Å². The summed E-state index contributed by atoms with van der Waals surface area (Å²) in [7, 11) is -3.64. The fraction of sp³-hybridized carbons (Fsp3) is 0.200. The van der Waals surface area contributed by atoms with E-state index in [0.717, 1.165) is 11.3 Å².